The van der Waals surface area contributed by atoms with Crippen LogP contribution in [-0.4, -0.2) is 0 Å². The fraction of sp³-hybridized carbons (Fsp3) is 0.100. The topological polar surface area (TPSA) is 15.7 Å². The summed E-state index contributed by atoms with van der Waals surface area (Å²) < 4.78 is 6.86. The summed E-state index contributed by atoms with van der Waals surface area (Å²) in [4.78, 5) is 4.80. The van der Waals surface area contributed by atoms with Crippen LogP contribution in [0.5, 0.6) is 11.5 Å². The molecule has 8 rings (SSSR count). The number of anilines is 6. The molecule has 0 spiro atoms. The number of aryl methyl sites for hydroxylation is 1. The lowest BCUT2D eigenvalue weighted by Crippen LogP contribution is -2.33. The lowest BCUT2D eigenvalue weighted by molar-refractivity contribution is 0.472. The molecule has 0 saturated carbocycles. The maximum atomic E-state index is 6.86. The van der Waals surface area contributed by atoms with Gasteiger partial charge in [-0.2, -0.15) is 0 Å². The number of para-hydroxylation sites is 3. The van der Waals surface area contributed by atoms with Crippen LogP contribution in [0.25, 0.3) is 11.1 Å². The fourth-order valence-corrected chi connectivity index (χ4v) is 6.83. The van der Waals surface area contributed by atoms with Gasteiger partial charge in [-0.25, -0.2) is 0 Å². The predicted molar refractivity (Wildman–Crippen MR) is 178 cm³/mol. The van der Waals surface area contributed by atoms with E-state index in [9.17, 15) is 0 Å². The molecule has 0 unspecified atom stereocenters. The quantitative estimate of drug-likeness (QED) is 0.214. The van der Waals surface area contributed by atoms with Crippen molar-refractivity contribution in [1.82, 2.24) is 0 Å². The zero-order valence-corrected chi connectivity index (χ0v) is 24.6. The van der Waals surface area contributed by atoms with Gasteiger partial charge < -0.3 is 14.5 Å². The zero-order chi connectivity index (χ0) is 29.1. The monoisotopic (exact) mass is 556 g/mol. The van der Waals surface area contributed by atoms with Gasteiger partial charge in [-0.15, -0.1) is 0 Å². The molecule has 3 nitrogen and oxygen atoms in total. The van der Waals surface area contributed by atoms with E-state index in [4.69, 9.17) is 4.74 Å². The number of hydrogen-bond donors (Lipinski definition) is 0. The largest absolute Gasteiger partial charge is 0.452 e. The summed E-state index contributed by atoms with van der Waals surface area (Å²) in [6.45, 7) is 6.85. The Balaban J connectivity index is 1.42. The molecule has 3 heteroatoms. The second-order valence-corrected chi connectivity index (χ2v) is 11.9. The summed E-state index contributed by atoms with van der Waals surface area (Å²) in [6.07, 6.45) is 0. The lowest BCUT2D eigenvalue weighted by atomic mass is 9.72. The van der Waals surface area contributed by atoms with E-state index in [2.05, 4.69) is 170 Å². The molecule has 208 valence electrons. The molecule has 2 aliphatic heterocycles. The van der Waals surface area contributed by atoms with E-state index in [0.29, 0.717) is 0 Å². The van der Waals surface area contributed by atoms with Gasteiger partial charge in [0.15, 0.2) is 11.5 Å². The van der Waals surface area contributed by atoms with Crippen molar-refractivity contribution in [3.05, 3.63) is 156 Å². The summed E-state index contributed by atoms with van der Waals surface area (Å²) >= 11 is 0. The third-order valence-electron chi connectivity index (χ3n) is 8.93. The lowest BCUT2D eigenvalue weighted by Gasteiger charge is -2.46. The molecule has 0 N–H and O–H groups in total. The second kappa shape index (κ2) is 9.64. The van der Waals surface area contributed by atoms with E-state index >= 15 is 0 Å². The van der Waals surface area contributed by atoms with Crippen LogP contribution in [-0.2, 0) is 5.41 Å². The van der Waals surface area contributed by atoms with Crippen molar-refractivity contribution in [2.24, 2.45) is 0 Å². The molecule has 2 heterocycles. The first-order chi connectivity index (χ1) is 21.0. The standard InChI is InChI=1S/C40H32N2O/c1-27-14-13-21-36-37(27)42-35-26-31(41(29-17-9-5-10-18-29)30-19-11-6-12-20-30)22-24-33(35)40(2,3)34-25-23-32(39(43-36)38(34)42)28-15-7-4-8-16-28/h4-26H,1-3H3. The molecule has 0 amide bonds. The predicted octanol–water partition coefficient (Wildman–Crippen LogP) is 11.3. The van der Waals surface area contributed by atoms with Crippen molar-refractivity contribution < 1.29 is 4.74 Å². The first-order valence-corrected chi connectivity index (χ1v) is 14.9. The number of hydrogen-bond acceptors (Lipinski definition) is 3. The van der Waals surface area contributed by atoms with Gasteiger partial charge in [0, 0.05) is 28.0 Å². The molecule has 6 aromatic carbocycles. The highest BCUT2D eigenvalue weighted by Crippen LogP contribution is 2.62. The number of fused-ring (bicyclic) bond motifs is 4. The van der Waals surface area contributed by atoms with Gasteiger partial charge >= 0.3 is 0 Å². The van der Waals surface area contributed by atoms with Crippen LogP contribution in [0, 0.1) is 6.92 Å². The molecule has 0 aromatic heterocycles. The summed E-state index contributed by atoms with van der Waals surface area (Å²) in [5.41, 5.74) is 12.5. The third-order valence-corrected chi connectivity index (χ3v) is 8.93. The van der Waals surface area contributed by atoms with E-state index in [-0.39, 0.29) is 5.41 Å². The summed E-state index contributed by atoms with van der Waals surface area (Å²) in [7, 11) is 0. The van der Waals surface area contributed by atoms with Crippen molar-refractivity contribution >= 4 is 34.1 Å². The summed E-state index contributed by atoms with van der Waals surface area (Å²) in [6, 6.07) is 49.6. The molecule has 0 saturated heterocycles. The van der Waals surface area contributed by atoms with Gasteiger partial charge in [-0.3, -0.25) is 0 Å². The van der Waals surface area contributed by atoms with Crippen LogP contribution in [0.15, 0.2) is 140 Å². The number of ether oxygens (including phenoxy) is 1. The highest BCUT2D eigenvalue weighted by Gasteiger charge is 2.43. The molecule has 0 fully saturated rings. The Bertz CT molecular complexity index is 1940. The second-order valence-electron chi connectivity index (χ2n) is 11.9. The Kier molecular flexibility index (Phi) is 5.70. The van der Waals surface area contributed by atoms with E-state index in [1.54, 1.807) is 0 Å². The van der Waals surface area contributed by atoms with E-state index in [0.717, 1.165) is 51.1 Å². The summed E-state index contributed by atoms with van der Waals surface area (Å²) in [5.74, 6) is 1.79. The van der Waals surface area contributed by atoms with Crippen LogP contribution in [0.2, 0.25) is 0 Å². The fourth-order valence-electron chi connectivity index (χ4n) is 6.83. The van der Waals surface area contributed by atoms with Crippen LogP contribution < -0.4 is 14.5 Å². The minimum absolute atomic E-state index is 0.239. The Labute approximate surface area is 253 Å². The van der Waals surface area contributed by atoms with Gasteiger partial charge in [0.2, 0.25) is 0 Å². The Morgan fingerprint density at radius 3 is 1.88 bits per heavy atom. The average Bonchev–Trinajstić information content (AvgIpc) is 3.04. The highest BCUT2D eigenvalue weighted by molar-refractivity contribution is 5.98. The average molecular weight is 557 g/mol. The molecule has 6 aromatic rings. The van der Waals surface area contributed by atoms with Crippen molar-refractivity contribution in [2.45, 2.75) is 26.2 Å². The SMILES string of the molecule is Cc1cccc2c1N1c3cc(N(c4ccccc4)c4ccccc4)ccc3C(C)(C)c3ccc(-c4ccccc4)c(c31)O2. The number of benzene rings is 6. The van der Waals surface area contributed by atoms with Gasteiger partial charge in [-0.1, -0.05) is 111 Å². The molecule has 0 atom stereocenters. The van der Waals surface area contributed by atoms with E-state index in [1.807, 2.05) is 0 Å². The van der Waals surface area contributed by atoms with Gasteiger partial charge in [0.05, 0.1) is 17.1 Å². The molecule has 0 bridgehead atoms. The minimum atomic E-state index is -0.239. The molecule has 0 radical (unpaired) electrons. The Morgan fingerprint density at radius 1 is 0.581 bits per heavy atom. The summed E-state index contributed by atoms with van der Waals surface area (Å²) in [5, 5.41) is 0. The van der Waals surface area contributed by atoms with E-state index in [1.165, 1.54) is 22.4 Å². The van der Waals surface area contributed by atoms with Crippen molar-refractivity contribution in [3.8, 4) is 22.6 Å². The smallest absolute Gasteiger partial charge is 0.159 e. The Morgan fingerprint density at radius 2 is 1.21 bits per heavy atom. The Hall–Kier alpha value is -5.28. The van der Waals surface area contributed by atoms with Crippen LogP contribution >= 0.6 is 0 Å². The van der Waals surface area contributed by atoms with E-state index < -0.39 is 0 Å². The van der Waals surface area contributed by atoms with Gasteiger partial charge in [-0.05, 0) is 71.6 Å². The number of rotatable bonds is 4. The van der Waals surface area contributed by atoms with Crippen molar-refractivity contribution in [3.63, 3.8) is 0 Å². The van der Waals surface area contributed by atoms with Crippen LogP contribution in [0.3, 0.4) is 0 Å². The maximum Gasteiger partial charge on any atom is 0.159 e. The van der Waals surface area contributed by atoms with Gasteiger partial charge in [0.1, 0.15) is 0 Å². The molecule has 2 aliphatic rings. The molecule has 43 heavy (non-hydrogen) atoms. The first kappa shape index (κ1) is 25.4. The normalized spacial score (nSPS) is 13.8. The van der Waals surface area contributed by atoms with Crippen LogP contribution in [0.1, 0.15) is 30.5 Å². The van der Waals surface area contributed by atoms with Crippen molar-refractivity contribution in [2.75, 3.05) is 9.80 Å². The molecular weight excluding hydrogens is 524 g/mol. The maximum absolute atomic E-state index is 6.86. The minimum Gasteiger partial charge on any atom is -0.452 e. The molecular formula is C40H32N2O. The third kappa shape index (κ3) is 3.89. The molecule has 0 aliphatic carbocycles. The zero-order valence-electron chi connectivity index (χ0n) is 24.6. The first-order valence-electron chi connectivity index (χ1n) is 14.9. The number of nitrogens with zero attached hydrogens (tertiary/aromatic N) is 2. The van der Waals surface area contributed by atoms with Crippen molar-refractivity contribution in [1.29, 1.82) is 0 Å². The highest BCUT2D eigenvalue weighted by atomic mass is 16.5. The van der Waals surface area contributed by atoms with Crippen LogP contribution in [0.4, 0.5) is 34.1 Å². The van der Waals surface area contributed by atoms with Gasteiger partial charge in [0.25, 0.3) is 0 Å².